The standard InChI is InChI=1S/C11H15IN6O3/c1-4-8(21-11(19)20-5-2)18-15-10(14-16-18)9-7(12)6-13-17(9)3/h6,8H,4-5H2,1-3H3. The smallest absolute Gasteiger partial charge is 0.435 e. The minimum atomic E-state index is -0.752. The summed E-state index contributed by atoms with van der Waals surface area (Å²) in [5.74, 6) is 0.422. The van der Waals surface area contributed by atoms with Gasteiger partial charge in [-0.2, -0.15) is 5.10 Å². The Balaban J connectivity index is 2.20. The molecule has 10 heteroatoms. The minimum absolute atomic E-state index is 0.249. The van der Waals surface area contributed by atoms with Crippen LogP contribution in [0.1, 0.15) is 26.5 Å². The first-order chi connectivity index (χ1) is 10.1. The van der Waals surface area contributed by atoms with E-state index in [2.05, 4.69) is 43.1 Å². The molecule has 0 aromatic carbocycles. The SMILES string of the molecule is CCOC(=O)OC(CC)n1nnc(-c2c(I)cnn2C)n1. The molecule has 0 aliphatic rings. The molecule has 2 heterocycles. The molecule has 0 spiro atoms. The molecule has 114 valence electrons. The number of nitrogens with zero attached hydrogens (tertiary/aromatic N) is 6. The lowest BCUT2D eigenvalue weighted by Crippen LogP contribution is -2.20. The maximum Gasteiger partial charge on any atom is 0.510 e. The first-order valence-electron chi connectivity index (χ1n) is 6.37. The summed E-state index contributed by atoms with van der Waals surface area (Å²) in [5.41, 5.74) is 0.757. The molecule has 9 nitrogen and oxygen atoms in total. The summed E-state index contributed by atoms with van der Waals surface area (Å²) in [5, 5.41) is 16.3. The average molecular weight is 406 g/mol. The summed E-state index contributed by atoms with van der Waals surface area (Å²) in [4.78, 5) is 12.6. The molecule has 0 amide bonds. The van der Waals surface area contributed by atoms with E-state index in [-0.39, 0.29) is 6.61 Å². The van der Waals surface area contributed by atoms with Crippen molar-refractivity contribution in [3.05, 3.63) is 9.77 Å². The average Bonchev–Trinajstić information content (AvgIpc) is 3.03. The molecule has 2 aromatic rings. The number of hydrogen-bond acceptors (Lipinski definition) is 7. The molecule has 0 aliphatic carbocycles. The van der Waals surface area contributed by atoms with Crippen molar-refractivity contribution in [3.8, 4) is 11.5 Å². The lowest BCUT2D eigenvalue weighted by atomic mass is 10.4. The fraction of sp³-hybridized carbons (Fsp3) is 0.545. The second kappa shape index (κ2) is 6.83. The normalized spacial score (nSPS) is 12.2. The van der Waals surface area contributed by atoms with E-state index in [1.807, 2.05) is 6.92 Å². The molecule has 0 saturated carbocycles. The fourth-order valence-corrected chi connectivity index (χ4v) is 2.38. The van der Waals surface area contributed by atoms with Gasteiger partial charge in [0.2, 0.25) is 12.1 Å². The van der Waals surface area contributed by atoms with E-state index in [9.17, 15) is 4.79 Å². The van der Waals surface area contributed by atoms with Crippen LogP contribution in [0.4, 0.5) is 4.79 Å². The van der Waals surface area contributed by atoms with Crippen molar-refractivity contribution in [2.45, 2.75) is 26.5 Å². The molecule has 0 bridgehead atoms. The van der Waals surface area contributed by atoms with Crippen LogP contribution in [0.5, 0.6) is 0 Å². The van der Waals surface area contributed by atoms with Crippen LogP contribution in [0.15, 0.2) is 6.20 Å². The number of carbonyl (C=O) groups is 1. The van der Waals surface area contributed by atoms with Crippen LogP contribution in [-0.2, 0) is 16.5 Å². The summed E-state index contributed by atoms with van der Waals surface area (Å²) >= 11 is 2.15. The predicted molar refractivity (Wildman–Crippen MR) is 80.2 cm³/mol. The van der Waals surface area contributed by atoms with Gasteiger partial charge in [0.1, 0.15) is 5.69 Å². The molecular formula is C11H15IN6O3. The zero-order valence-electron chi connectivity index (χ0n) is 11.9. The van der Waals surface area contributed by atoms with Gasteiger partial charge in [-0.25, -0.2) is 4.79 Å². The first-order valence-corrected chi connectivity index (χ1v) is 7.45. The number of ether oxygens (including phenoxy) is 2. The lowest BCUT2D eigenvalue weighted by molar-refractivity contribution is -0.0158. The Morgan fingerprint density at radius 2 is 2.24 bits per heavy atom. The number of aromatic nitrogens is 6. The Morgan fingerprint density at radius 3 is 2.81 bits per heavy atom. The van der Waals surface area contributed by atoms with Crippen LogP contribution >= 0.6 is 22.6 Å². The third kappa shape index (κ3) is 3.49. The van der Waals surface area contributed by atoms with Gasteiger partial charge < -0.3 is 9.47 Å². The van der Waals surface area contributed by atoms with Gasteiger partial charge in [-0.05, 0) is 34.7 Å². The van der Waals surface area contributed by atoms with E-state index >= 15 is 0 Å². The van der Waals surface area contributed by atoms with Crippen LogP contribution < -0.4 is 0 Å². The quantitative estimate of drug-likeness (QED) is 0.552. The summed E-state index contributed by atoms with van der Waals surface area (Å²) in [6.45, 7) is 3.80. The summed E-state index contributed by atoms with van der Waals surface area (Å²) < 4.78 is 12.5. The molecule has 0 aliphatic heterocycles. The van der Waals surface area contributed by atoms with E-state index in [1.54, 1.807) is 24.9 Å². The highest BCUT2D eigenvalue weighted by molar-refractivity contribution is 14.1. The van der Waals surface area contributed by atoms with Crippen LogP contribution in [-0.4, -0.2) is 42.7 Å². The van der Waals surface area contributed by atoms with Gasteiger partial charge in [0.25, 0.3) is 0 Å². The van der Waals surface area contributed by atoms with Gasteiger partial charge in [0.15, 0.2) is 0 Å². The minimum Gasteiger partial charge on any atom is -0.435 e. The number of halogens is 1. The van der Waals surface area contributed by atoms with Crippen molar-refractivity contribution in [2.24, 2.45) is 7.05 Å². The second-order valence-corrected chi connectivity index (χ2v) is 5.22. The van der Waals surface area contributed by atoms with Crippen LogP contribution in [0.3, 0.4) is 0 Å². The van der Waals surface area contributed by atoms with Gasteiger partial charge >= 0.3 is 6.16 Å². The highest BCUT2D eigenvalue weighted by Gasteiger charge is 2.21. The van der Waals surface area contributed by atoms with Crippen molar-refractivity contribution in [3.63, 3.8) is 0 Å². The highest BCUT2D eigenvalue weighted by atomic mass is 127. The first kappa shape index (κ1) is 15.7. The summed E-state index contributed by atoms with van der Waals surface area (Å²) in [7, 11) is 1.80. The van der Waals surface area contributed by atoms with Crippen molar-refractivity contribution in [1.29, 1.82) is 0 Å². The molecule has 21 heavy (non-hydrogen) atoms. The maximum absolute atomic E-state index is 11.4. The van der Waals surface area contributed by atoms with Crippen molar-refractivity contribution < 1.29 is 14.3 Å². The van der Waals surface area contributed by atoms with Crippen molar-refractivity contribution in [1.82, 2.24) is 30.0 Å². The Bertz CT molecular complexity index is 606. The number of aryl methyl sites for hydroxylation is 1. The van der Waals surface area contributed by atoms with E-state index in [0.717, 1.165) is 9.26 Å². The largest absolute Gasteiger partial charge is 0.510 e. The third-order valence-corrected chi connectivity index (χ3v) is 3.42. The van der Waals surface area contributed by atoms with E-state index < -0.39 is 12.4 Å². The Labute approximate surface area is 134 Å². The Morgan fingerprint density at radius 1 is 1.48 bits per heavy atom. The van der Waals surface area contributed by atoms with Crippen LogP contribution in [0, 0.1) is 3.57 Å². The van der Waals surface area contributed by atoms with E-state index in [1.165, 1.54) is 4.80 Å². The van der Waals surface area contributed by atoms with Gasteiger partial charge in [-0.3, -0.25) is 4.68 Å². The topological polar surface area (TPSA) is 97.0 Å². The van der Waals surface area contributed by atoms with E-state index in [0.29, 0.717) is 12.2 Å². The molecule has 1 unspecified atom stereocenters. The van der Waals surface area contributed by atoms with Crippen molar-refractivity contribution in [2.75, 3.05) is 6.61 Å². The van der Waals surface area contributed by atoms with Crippen molar-refractivity contribution >= 4 is 28.7 Å². The Kier molecular flexibility index (Phi) is 5.09. The molecule has 0 saturated heterocycles. The number of rotatable bonds is 5. The lowest BCUT2D eigenvalue weighted by Gasteiger charge is -2.13. The van der Waals surface area contributed by atoms with E-state index in [4.69, 9.17) is 9.47 Å². The Hall–Kier alpha value is -1.72. The third-order valence-electron chi connectivity index (χ3n) is 2.64. The number of tetrazole rings is 1. The van der Waals surface area contributed by atoms with Crippen LogP contribution in [0.25, 0.3) is 11.5 Å². The summed E-state index contributed by atoms with van der Waals surface area (Å²) in [6.07, 6.45) is 0.801. The van der Waals surface area contributed by atoms with Gasteiger partial charge in [0, 0.05) is 13.5 Å². The predicted octanol–water partition coefficient (Wildman–Crippen LogP) is 1.76. The second-order valence-electron chi connectivity index (χ2n) is 4.06. The maximum atomic E-state index is 11.4. The molecular weight excluding hydrogens is 391 g/mol. The zero-order chi connectivity index (χ0) is 15.4. The molecule has 1 atom stereocenters. The van der Waals surface area contributed by atoms with Gasteiger partial charge in [0.05, 0.1) is 16.4 Å². The zero-order valence-corrected chi connectivity index (χ0v) is 14.0. The monoisotopic (exact) mass is 406 g/mol. The number of carbonyl (C=O) groups excluding carboxylic acids is 1. The molecule has 0 radical (unpaired) electrons. The van der Waals surface area contributed by atoms with Crippen LogP contribution in [0.2, 0.25) is 0 Å². The molecule has 2 aromatic heterocycles. The number of hydrogen-bond donors (Lipinski definition) is 0. The fourth-order valence-electron chi connectivity index (χ4n) is 1.66. The highest BCUT2D eigenvalue weighted by Crippen LogP contribution is 2.21. The molecule has 2 rings (SSSR count). The molecule has 0 fully saturated rings. The molecule has 0 N–H and O–H groups in total. The van der Waals surface area contributed by atoms with Gasteiger partial charge in [-0.15, -0.1) is 15.0 Å². The van der Waals surface area contributed by atoms with Gasteiger partial charge in [-0.1, -0.05) is 6.92 Å². The summed E-state index contributed by atoms with van der Waals surface area (Å²) in [6, 6.07) is 0.